The molecule has 0 aliphatic carbocycles. The first-order valence-corrected chi connectivity index (χ1v) is 11.9. The van der Waals surface area contributed by atoms with Crippen molar-refractivity contribution in [3.8, 4) is 0 Å². The zero-order valence-corrected chi connectivity index (χ0v) is 18.5. The Hall–Kier alpha value is -2.88. The van der Waals surface area contributed by atoms with E-state index in [1.54, 1.807) is 18.6 Å². The maximum atomic E-state index is 10.6. The second kappa shape index (κ2) is 10.8. The fraction of sp³-hybridized carbons (Fsp3) is 0.538. The first kappa shape index (κ1) is 24.8. The Bertz CT molecular complexity index is 1150. The molecule has 0 aromatic carbocycles. The third-order valence-corrected chi connectivity index (χ3v) is 4.83. The predicted octanol–water partition coefficient (Wildman–Crippen LogP) is -2.17. The molecule has 0 spiro atoms. The minimum absolute atomic E-state index is 0.0516. The Morgan fingerprint density at radius 2 is 1.30 bits per heavy atom. The van der Waals surface area contributed by atoms with Gasteiger partial charge in [0, 0.05) is 38.2 Å². The predicted molar refractivity (Wildman–Crippen MR) is 104 cm³/mol. The molecule has 0 atom stereocenters. The molecule has 18 nitrogen and oxygen atoms in total. The van der Waals surface area contributed by atoms with Crippen molar-refractivity contribution in [3.63, 3.8) is 0 Å². The van der Waals surface area contributed by atoms with Gasteiger partial charge in [-0.2, -0.15) is 16.8 Å². The molecule has 20 heteroatoms. The molecule has 3 heterocycles. The van der Waals surface area contributed by atoms with Gasteiger partial charge in [0.15, 0.2) is 0 Å². The van der Waals surface area contributed by atoms with E-state index < -0.39 is 20.8 Å². The SMILES string of the molecule is O=S(=O)(O)OCCn1cc(CN(Cc2c[nH]nn2)Cc2cn(CCOS(=O)(=O)O)nn2)nn1. The van der Waals surface area contributed by atoms with Crippen LogP contribution < -0.4 is 0 Å². The van der Waals surface area contributed by atoms with E-state index in [2.05, 4.69) is 44.4 Å². The van der Waals surface area contributed by atoms with Gasteiger partial charge in [-0.15, -0.1) is 15.3 Å². The number of hydrogen-bond donors (Lipinski definition) is 3. The lowest BCUT2D eigenvalue weighted by Gasteiger charge is -2.18. The number of nitrogens with one attached hydrogen (secondary N) is 1. The minimum Gasteiger partial charge on any atom is -0.285 e. The summed E-state index contributed by atoms with van der Waals surface area (Å²) >= 11 is 0. The van der Waals surface area contributed by atoms with E-state index in [9.17, 15) is 16.8 Å². The van der Waals surface area contributed by atoms with E-state index in [1.807, 2.05) is 4.90 Å². The van der Waals surface area contributed by atoms with E-state index in [0.717, 1.165) is 0 Å². The highest BCUT2D eigenvalue weighted by atomic mass is 32.3. The van der Waals surface area contributed by atoms with Crippen LogP contribution in [0.15, 0.2) is 18.6 Å². The molecule has 0 aliphatic heterocycles. The second-order valence-corrected chi connectivity index (χ2v) is 8.74. The van der Waals surface area contributed by atoms with Crippen LogP contribution >= 0.6 is 0 Å². The molecule has 33 heavy (non-hydrogen) atoms. The van der Waals surface area contributed by atoms with Crippen molar-refractivity contribution in [1.82, 2.24) is 50.3 Å². The topological polar surface area (TPSA) is 233 Å². The molecule has 0 unspecified atom stereocenters. The van der Waals surface area contributed by atoms with E-state index in [0.29, 0.717) is 36.7 Å². The zero-order chi connectivity index (χ0) is 23.9. The monoisotopic (exact) mass is 508 g/mol. The van der Waals surface area contributed by atoms with Crippen LogP contribution in [0.25, 0.3) is 0 Å². The van der Waals surface area contributed by atoms with Gasteiger partial charge in [0.2, 0.25) is 0 Å². The standard InChI is InChI=1S/C13H20N10O8S2/c24-32(25,26)30-3-1-22-9-12(16-19-22)7-21(6-11-5-14-18-15-11)8-13-10-23(20-17-13)2-4-31-33(27,28)29/h5,9-10H,1-4,6-8H2,(H,14,15,18)(H,24,25,26)(H,27,28,29). The minimum atomic E-state index is -4.53. The average molecular weight is 508 g/mol. The van der Waals surface area contributed by atoms with Crippen molar-refractivity contribution in [3.05, 3.63) is 35.7 Å². The number of rotatable bonds is 14. The van der Waals surface area contributed by atoms with Gasteiger partial charge >= 0.3 is 20.8 Å². The molecule has 0 bridgehead atoms. The Morgan fingerprint density at radius 1 is 0.818 bits per heavy atom. The summed E-state index contributed by atoms with van der Waals surface area (Å²) in [6, 6.07) is 0. The largest absolute Gasteiger partial charge is 0.397 e. The summed E-state index contributed by atoms with van der Waals surface area (Å²) in [6.45, 7) is 0.471. The van der Waals surface area contributed by atoms with E-state index in [-0.39, 0.29) is 26.3 Å². The lowest BCUT2D eigenvalue weighted by Crippen LogP contribution is -2.23. The summed E-state index contributed by atoms with van der Waals surface area (Å²) in [5.41, 5.74) is 1.76. The first-order chi connectivity index (χ1) is 15.6. The van der Waals surface area contributed by atoms with Crippen molar-refractivity contribution in [2.75, 3.05) is 13.2 Å². The summed E-state index contributed by atoms with van der Waals surface area (Å²) in [5, 5.41) is 26.1. The Balaban J connectivity index is 1.60. The van der Waals surface area contributed by atoms with Gasteiger partial charge in [0.1, 0.15) is 0 Å². The van der Waals surface area contributed by atoms with Gasteiger partial charge in [-0.3, -0.25) is 19.1 Å². The van der Waals surface area contributed by atoms with Gasteiger partial charge in [0.05, 0.1) is 43.4 Å². The molecular formula is C13H20N10O8S2. The van der Waals surface area contributed by atoms with E-state index >= 15 is 0 Å². The number of H-pyrrole nitrogens is 1. The van der Waals surface area contributed by atoms with Crippen LogP contribution in [0.4, 0.5) is 0 Å². The number of aromatic amines is 1. The normalized spacial score (nSPS) is 12.6. The maximum Gasteiger partial charge on any atom is 0.397 e. The van der Waals surface area contributed by atoms with Crippen LogP contribution in [0, 0.1) is 0 Å². The third-order valence-electron chi connectivity index (χ3n) is 3.90. The van der Waals surface area contributed by atoms with Crippen molar-refractivity contribution in [1.29, 1.82) is 0 Å². The van der Waals surface area contributed by atoms with Crippen LogP contribution in [0.3, 0.4) is 0 Å². The van der Waals surface area contributed by atoms with Crippen molar-refractivity contribution >= 4 is 20.8 Å². The van der Waals surface area contributed by atoms with Crippen LogP contribution in [-0.2, 0) is 61.9 Å². The average Bonchev–Trinajstić information content (AvgIpc) is 3.43. The Labute approximate surface area is 187 Å². The van der Waals surface area contributed by atoms with Gasteiger partial charge < -0.3 is 0 Å². The van der Waals surface area contributed by atoms with Crippen molar-refractivity contribution in [2.24, 2.45) is 0 Å². The molecule has 3 rings (SSSR count). The highest BCUT2D eigenvalue weighted by Crippen LogP contribution is 2.10. The summed E-state index contributed by atoms with van der Waals surface area (Å²) < 4.78 is 70.9. The molecule has 0 saturated carbocycles. The van der Waals surface area contributed by atoms with Crippen LogP contribution in [0.5, 0.6) is 0 Å². The van der Waals surface area contributed by atoms with Gasteiger partial charge in [0.25, 0.3) is 0 Å². The summed E-state index contributed by atoms with van der Waals surface area (Å²) in [4.78, 5) is 1.91. The van der Waals surface area contributed by atoms with Crippen LogP contribution in [-0.4, -0.2) is 89.5 Å². The molecule has 182 valence electrons. The first-order valence-electron chi connectivity index (χ1n) is 9.15. The van der Waals surface area contributed by atoms with Gasteiger partial charge in [-0.25, -0.2) is 17.7 Å². The van der Waals surface area contributed by atoms with E-state index in [4.69, 9.17) is 9.11 Å². The summed E-state index contributed by atoms with van der Waals surface area (Å²) in [5.74, 6) is 0. The fourth-order valence-corrected chi connectivity index (χ4v) is 3.24. The molecule has 3 N–H and O–H groups in total. The molecule has 0 aliphatic rings. The Kier molecular flexibility index (Phi) is 8.12. The lowest BCUT2D eigenvalue weighted by molar-refractivity contribution is 0.238. The smallest absolute Gasteiger partial charge is 0.285 e. The van der Waals surface area contributed by atoms with E-state index in [1.165, 1.54) is 9.36 Å². The molecule has 0 radical (unpaired) electrons. The van der Waals surface area contributed by atoms with Crippen LogP contribution in [0.2, 0.25) is 0 Å². The number of aromatic nitrogens is 9. The fourth-order valence-electron chi connectivity index (χ4n) is 2.67. The molecule has 0 fully saturated rings. The number of nitrogens with zero attached hydrogens (tertiary/aromatic N) is 9. The van der Waals surface area contributed by atoms with Crippen LogP contribution in [0.1, 0.15) is 17.1 Å². The number of hydrogen-bond acceptors (Lipinski definition) is 13. The molecule has 0 saturated heterocycles. The second-order valence-electron chi connectivity index (χ2n) is 6.56. The third kappa shape index (κ3) is 9.25. The molecule has 3 aromatic heterocycles. The van der Waals surface area contributed by atoms with Gasteiger partial charge in [-0.05, 0) is 0 Å². The lowest BCUT2D eigenvalue weighted by atomic mass is 10.3. The van der Waals surface area contributed by atoms with Crippen molar-refractivity contribution < 1.29 is 34.3 Å². The maximum absolute atomic E-state index is 10.6. The summed E-state index contributed by atoms with van der Waals surface area (Å²) in [6.07, 6.45) is 4.80. The van der Waals surface area contributed by atoms with Gasteiger partial charge in [-0.1, -0.05) is 15.6 Å². The zero-order valence-electron chi connectivity index (χ0n) is 16.9. The molecule has 3 aromatic rings. The highest BCUT2D eigenvalue weighted by molar-refractivity contribution is 7.81. The summed E-state index contributed by atoms with van der Waals surface area (Å²) in [7, 11) is -9.06. The highest BCUT2D eigenvalue weighted by Gasteiger charge is 2.15. The Morgan fingerprint density at radius 3 is 1.73 bits per heavy atom. The molecule has 0 amide bonds. The molecular weight excluding hydrogens is 488 g/mol. The van der Waals surface area contributed by atoms with Crippen molar-refractivity contribution in [2.45, 2.75) is 32.7 Å². The quantitative estimate of drug-likeness (QED) is 0.196.